The molecule has 0 atom stereocenters. The molecule has 0 N–H and O–H groups in total. The highest BCUT2D eigenvalue weighted by molar-refractivity contribution is 7.89. The second kappa shape index (κ2) is 5.63. The summed E-state index contributed by atoms with van der Waals surface area (Å²) < 4.78 is 26.9. The number of rotatable bonds is 4. The van der Waals surface area contributed by atoms with Gasteiger partial charge in [0, 0.05) is 18.5 Å². The molecule has 102 valence electrons. The van der Waals surface area contributed by atoms with E-state index < -0.39 is 10.0 Å². The molecule has 0 aliphatic rings. The van der Waals surface area contributed by atoms with Gasteiger partial charge >= 0.3 is 0 Å². The van der Waals surface area contributed by atoms with E-state index in [1.807, 2.05) is 12.1 Å². The predicted molar refractivity (Wildman–Crippen MR) is 79.2 cm³/mol. The van der Waals surface area contributed by atoms with Gasteiger partial charge in [-0.05, 0) is 30.7 Å². The average molecular weight is 316 g/mol. The number of hydrogen-bond donors (Lipinski definition) is 0. The first kappa shape index (κ1) is 14.5. The summed E-state index contributed by atoms with van der Waals surface area (Å²) in [6, 6.07) is 10.6. The van der Waals surface area contributed by atoms with Crippen molar-refractivity contribution >= 4 is 33.0 Å². The minimum atomic E-state index is -3.46. The van der Waals surface area contributed by atoms with E-state index in [-0.39, 0.29) is 0 Å². The molecule has 0 saturated carbocycles. The maximum absolute atomic E-state index is 12.5. The van der Waals surface area contributed by atoms with Crippen molar-refractivity contribution in [3.63, 3.8) is 0 Å². The smallest absolute Gasteiger partial charge is 0.207 e. The van der Waals surface area contributed by atoms with Crippen molar-refractivity contribution in [3.8, 4) is 0 Å². The van der Waals surface area contributed by atoms with Gasteiger partial charge in [-0.15, -0.1) is 11.3 Å². The molecule has 0 aliphatic carbocycles. The number of thiophene rings is 1. The normalized spacial score (nSPS) is 12.0. The molecule has 1 heterocycles. The van der Waals surface area contributed by atoms with Crippen molar-refractivity contribution in [2.75, 3.05) is 7.05 Å². The number of benzene rings is 1. The number of halogens is 1. The van der Waals surface area contributed by atoms with Crippen LogP contribution >= 0.6 is 22.9 Å². The Bertz CT molecular complexity index is 679. The Balaban J connectivity index is 2.27. The zero-order valence-electron chi connectivity index (χ0n) is 10.6. The Morgan fingerprint density at radius 2 is 1.89 bits per heavy atom. The lowest BCUT2D eigenvalue weighted by molar-refractivity contribution is 0.469. The van der Waals surface area contributed by atoms with Gasteiger partial charge in [-0.3, -0.25) is 0 Å². The molecule has 0 unspecified atom stereocenters. The van der Waals surface area contributed by atoms with Crippen molar-refractivity contribution in [3.05, 3.63) is 51.2 Å². The van der Waals surface area contributed by atoms with Gasteiger partial charge in [0.05, 0.1) is 9.23 Å². The van der Waals surface area contributed by atoms with Gasteiger partial charge in [-0.25, -0.2) is 8.42 Å². The molecule has 6 heteroatoms. The van der Waals surface area contributed by atoms with Crippen molar-refractivity contribution in [1.29, 1.82) is 0 Å². The molecule has 19 heavy (non-hydrogen) atoms. The van der Waals surface area contributed by atoms with Crippen LogP contribution in [0.5, 0.6) is 0 Å². The van der Waals surface area contributed by atoms with Crippen molar-refractivity contribution in [2.24, 2.45) is 0 Å². The Hall–Kier alpha value is -0.880. The molecule has 3 nitrogen and oxygen atoms in total. The van der Waals surface area contributed by atoms with Crippen LogP contribution < -0.4 is 0 Å². The highest BCUT2D eigenvalue weighted by Gasteiger charge is 2.22. The van der Waals surface area contributed by atoms with Crippen LogP contribution in [0.4, 0.5) is 0 Å². The number of aryl methyl sites for hydroxylation is 1. The lowest BCUT2D eigenvalue weighted by Crippen LogP contribution is -2.26. The summed E-state index contributed by atoms with van der Waals surface area (Å²) >= 11 is 7.24. The van der Waals surface area contributed by atoms with E-state index in [0.717, 1.165) is 10.4 Å². The Morgan fingerprint density at radius 3 is 2.47 bits per heavy atom. The summed E-state index contributed by atoms with van der Waals surface area (Å²) in [5.74, 6) is 0. The fourth-order valence-corrected chi connectivity index (χ4v) is 4.35. The van der Waals surface area contributed by atoms with E-state index in [1.165, 1.54) is 15.6 Å². The minimum Gasteiger partial charge on any atom is -0.207 e. The molecule has 1 aromatic carbocycles. The molecule has 2 aromatic rings. The van der Waals surface area contributed by atoms with Crippen LogP contribution in [-0.2, 0) is 16.6 Å². The Morgan fingerprint density at radius 1 is 1.21 bits per heavy atom. The second-order valence-corrected chi connectivity index (χ2v) is 8.05. The maximum Gasteiger partial charge on any atom is 0.243 e. The van der Waals surface area contributed by atoms with Crippen LogP contribution in [0.2, 0.25) is 4.34 Å². The van der Waals surface area contributed by atoms with Gasteiger partial charge in [0.15, 0.2) is 0 Å². The van der Waals surface area contributed by atoms with Gasteiger partial charge in [-0.2, -0.15) is 4.31 Å². The van der Waals surface area contributed by atoms with E-state index in [4.69, 9.17) is 11.6 Å². The summed E-state index contributed by atoms with van der Waals surface area (Å²) in [6.07, 6.45) is 0. The summed E-state index contributed by atoms with van der Waals surface area (Å²) in [4.78, 5) is 1.27. The van der Waals surface area contributed by atoms with E-state index in [1.54, 1.807) is 38.2 Å². The van der Waals surface area contributed by atoms with Crippen molar-refractivity contribution < 1.29 is 8.42 Å². The molecule has 0 fully saturated rings. The topological polar surface area (TPSA) is 37.4 Å². The van der Waals surface area contributed by atoms with Crippen LogP contribution in [0.3, 0.4) is 0 Å². The third-order valence-corrected chi connectivity index (χ3v) is 5.97. The molecule has 0 spiro atoms. The summed E-state index contributed by atoms with van der Waals surface area (Å²) in [5, 5.41) is 0. The quantitative estimate of drug-likeness (QED) is 0.865. The largest absolute Gasteiger partial charge is 0.243 e. The molecule has 1 aromatic heterocycles. The minimum absolute atomic E-state index is 0.327. The van der Waals surface area contributed by atoms with E-state index >= 15 is 0 Å². The summed E-state index contributed by atoms with van der Waals surface area (Å²) in [7, 11) is -1.88. The lowest BCUT2D eigenvalue weighted by atomic mass is 10.2. The molecule has 0 amide bonds. The molecule has 0 radical (unpaired) electrons. The third kappa shape index (κ3) is 3.17. The molecular weight excluding hydrogens is 302 g/mol. The van der Waals surface area contributed by atoms with Crippen LogP contribution in [0.25, 0.3) is 0 Å². The highest BCUT2D eigenvalue weighted by Crippen LogP contribution is 2.25. The highest BCUT2D eigenvalue weighted by atomic mass is 35.5. The monoisotopic (exact) mass is 315 g/mol. The fourth-order valence-electron chi connectivity index (χ4n) is 1.75. The molecule has 0 saturated heterocycles. The van der Waals surface area contributed by atoms with Crippen molar-refractivity contribution in [1.82, 2.24) is 4.31 Å². The number of sulfonamides is 1. The molecule has 0 bridgehead atoms. The first-order chi connectivity index (χ1) is 8.91. The van der Waals surface area contributed by atoms with Gasteiger partial charge in [0.25, 0.3) is 0 Å². The van der Waals surface area contributed by atoms with Crippen molar-refractivity contribution in [2.45, 2.75) is 18.4 Å². The Kier molecular flexibility index (Phi) is 4.30. The average Bonchev–Trinajstić information content (AvgIpc) is 2.75. The zero-order valence-corrected chi connectivity index (χ0v) is 13.0. The second-order valence-electron chi connectivity index (χ2n) is 4.23. The number of hydrogen-bond acceptors (Lipinski definition) is 3. The molecule has 0 aliphatic heterocycles. The summed E-state index contributed by atoms with van der Waals surface area (Å²) in [5.41, 5.74) is 0.749. The van der Waals surface area contributed by atoms with E-state index in [0.29, 0.717) is 15.8 Å². The van der Waals surface area contributed by atoms with Gasteiger partial charge in [-0.1, -0.05) is 29.8 Å². The van der Waals surface area contributed by atoms with Gasteiger partial charge in [0.1, 0.15) is 0 Å². The Labute approximate surface area is 122 Å². The number of nitrogens with zero attached hydrogens (tertiary/aromatic N) is 1. The molecule has 2 rings (SSSR count). The molecular formula is C13H14ClNO2S2. The zero-order chi connectivity index (χ0) is 14.0. The standard InChI is InChI=1S/C13H14ClNO2S2/c1-10-5-3-4-6-12(10)19(16,17)15(2)9-11-7-8-13(14)18-11/h3-8H,9H2,1-2H3. The lowest BCUT2D eigenvalue weighted by Gasteiger charge is -2.17. The SMILES string of the molecule is Cc1ccccc1S(=O)(=O)N(C)Cc1ccc(Cl)s1. The predicted octanol–water partition coefficient (Wildman–Crippen LogP) is 3.53. The van der Waals surface area contributed by atoms with Crippen LogP contribution in [-0.4, -0.2) is 19.8 Å². The van der Waals surface area contributed by atoms with Gasteiger partial charge < -0.3 is 0 Å². The van der Waals surface area contributed by atoms with E-state index in [9.17, 15) is 8.42 Å². The fraction of sp³-hybridized carbons (Fsp3) is 0.231. The van der Waals surface area contributed by atoms with E-state index in [2.05, 4.69) is 0 Å². The van der Waals surface area contributed by atoms with Crippen LogP contribution in [0.15, 0.2) is 41.3 Å². The first-order valence-corrected chi connectivity index (χ1v) is 8.31. The third-order valence-electron chi connectivity index (χ3n) is 2.79. The summed E-state index contributed by atoms with van der Waals surface area (Å²) in [6.45, 7) is 2.12. The van der Waals surface area contributed by atoms with Crippen LogP contribution in [0.1, 0.15) is 10.4 Å². The first-order valence-electron chi connectivity index (χ1n) is 5.67. The maximum atomic E-state index is 12.5. The van der Waals surface area contributed by atoms with Crippen LogP contribution in [0, 0.1) is 6.92 Å². The van der Waals surface area contributed by atoms with Gasteiger partial charge in [0.2, 0.25) is 10.0 Å².